The molecule has 0 spiro atoms. The number of amides is 2. The Morgan fingerprint density at radius 1 is 1.05 bits per heavy atom. The fourth-order valence-corrected chi connectivity index (χ4v) is 4.28. The van der Waals surface area contributed by atoms with Crippen LogP contribution in [0.15, 0.2) is 75.8 Å². The molecule has 4 aromatic rings. The van der Waals surface area contributed by atoms with E-state index in [9.17, 15) is 9.59 Å². The van der Waals surface area contributed by atoms with Crippen molar-refractivity contribution in [3.63, 3.8) is 0 Å². The molecule has 1 atom stereocenters. The first kappa shape index (κ1) is 29.6. The second-order valence-electron chi connectivity index (χ2n) is 11.5. The number of carbonyl (C=O) groups excluding carboxylic acids is 2. The molecule has 0 saturated carbocycles. The number of para-hydroxylation sites is 1. The third-order valence-electron chi connectivity index (χ3n) is 6.48. The van der Waals surface area contributed by atoms with Gasteiger partial charge in [0.1, 0.15) is 23.2 Å². The molecular formula is C32H38N4O5. The Hall–Kier alpha value is -4.40. The molecule has 1 N–H and O–H groups in total. The lowest BCUT2D eigenvalue weighted by atomic mass is 9.94. The summed E-state index contributed by atoms with van der Waals surface area (Å²) in [6.07, 6.45) is 2.16. The number of rotatable bonds is 11. The van der Waals surface area contributed by atoms with Crippen molar-refractivity contribution in [3.8, 4) is 17.0 Å². The zero-order valence-corrected chi connectivity index (χ0v) is 24.5. The van der Waals surface area contributed by atoms with Crippen molar-refractivity contribution in [2.45, 2.75) is 65.6 Å². The van der Waals surface area contributed by atoms with Crippen LogP contribution < -0.4 is 10.1 Å². The number of carbonyl (C=O) groups is 2. The van der Waals surface area contributed by atoms with Gasteiger partial charge in [-0.3, -0.25) is 9.59 Å². The molecule has 216 valence electrons. The van der Waals surface area contributed by atoms with Gasteiger partial charge in [0.15, 0.2) is 12.4 Å². The van der Waals surface area contributed by atoms with E-state index >= 15 is 0 Å². The van der Waals surface area contributed by atoms with Crippen LogP contribution in [0, 0.1) is 5.92 Å². The zero-order chi connectivity index (χ0) is 29.6. The number of hydrogen-bond donors (Lipinski definition) is 1. The molecule has 0 radical (unpaired) electrons. The minimum absolute atomic E-state index is 0.0691. The molecule has 2 aromatic carbocycles. The number of benzene rings is 2. The summed E-state index contributed by atoms with van der Waals surface area (Å²) in [5.41, 5.74) is 1.78. The van der Waals surface area contributed by atoms with Crippen LogP contribution in [0.3, 0.4) is 0 Å². The first-order chi connectivity index (χ1) is 19.5. The summed E-state index contributed by atoms with van der Waals surface area (Å²) < 4.78 is 17.2. The summed E-state index contributed by atoms with van der Waals surface area (Å²) in [6.45, 7) is 10.4. The van der Waals surface area contributed by atoms with E-state index in [4.69, 9.17) is 13.7 Å². The highest BCUT2D eigenvalue weighted by Gasteiger charge is 2.27. The Morgan fingerprint density at radius 3 is 2.44 bits per heavy atom. The first-order valence-electron chi connectivity index (χ1n) is 13.7. The predicted octanol–water partition coefficient (Wildman–Crippen LogP) is 6.01. The Morgan fingerprint density at radius 2 is 1.76 bits per heavy atom. The van der Waals surface area contributed by atoms with Crippen LogP contribution in [0.1, 0.15) is 68.8 Å². The van der Waals surface area contributed by atoms with Gasteiger partial charge in [-0.15, -0.1) is 0 Å². The third kappa shape index (κ3) is 7.84. The smallest absolute Gasteiger partial charge is 0.255 e. The molecule has 0 aliphatic carbocycles. The molecule has 9 heteroatoms. The molecule has 41 heavy (non-hydrogen) atoms. The maximum Gasteiger partial charge on any atom is 0.255 e. The monoisotopic (exact) mass is 558 g/mol. The van der Waals surface area contributed by atoms with Gasteiger partial charge in [-0.25, -0.2) is 4.98 Å². The van der Waals surface area contributed by atoms with Crippen molar-refractivity contribution in [2.75, 3.05) is 7.05 Å². The maximum atomic E-state index is 13.5. The van der Waals surface area contributed by atoms with Gasteiger partial charge in [0.2, 0.25) is 11.8 Å². The fraction of sp³-hybridized carbons (Fsp3) is 0.375. The number of nitrogens with one attached hydrogen (secondary N) is 1. The Labute approximate surface area is 240 Å². The average molecular weight is 559 g/mol. The second-order valence-corrected chi connectivity index (χ2v) is 11.5. The number of ether oxygens (including phenoxy) is 1. The van der Waals surface area contributed by atoms with Crippen LogP contribution in [-0.4, -0.2) is 39.9 Å². The van der Waals surface area contributed by atoms with Crippen LogP contribution in [0.25, 0.3) is 11.3 Å². The van der Waals surface area contributed by atoms with Gasteiger partial charge in [-0.1, -0.05) is 82.2 Å². The van der Waals surface area contributed by atoms with Gasteiger partial charge < -0.3 is 23.9 Å². The molecule has 0 aliphatic heterocycles. The summed E-state index contributed by atoms with van der Waals surface area (Å²) in [4.78, 5) is 32.8. The molecule has 2 heterocycles. The number of hydrogen-bond acceptors (Lipinski definition) is 7. The molecule has 0 unspecified atom stereocenters. The van der Waals surface area contributed by atoms with Crippen molar-refractivity contribution in [3.05, 3.63) is 89.8 Å². The quantitative estimate of drug-likeness (QED) is 0.240. The Kier molecular flexibility index (Phi) is 9.27. The van der Waals surface area contributed by atoms with Crippen LogP contribution in [0.2, 0.25) is 0 Å². The number of oxazole rings is 1. The maximum absolute atomic E-state index is 13.5. The molecule has 0 saturated heterocycles. The third-order valence-corrected chi connectivity index (χ3v) is 6.48. The number of likely N-dealkylation sites (N-methyl/N-ethyl adjacent to an activating group) is 1. The average Bonchev–Trinajstić information content (AvgIpc) is 3.61. The van der Waals surface area contributed by atoms with E-state index in [1.165, 1.54) is 0 Å². The Balaban J connectivity index is 1.43. The summed E-state index contributed by atoms with van der Waals surface area (Å²) in [6, 6.07) is 17.7. The van der Waals surface area contributed by atoms with Crippen LogP contribution in [0.4, 0.5) is 0 Å². The summed E-state index contributed by atoms with van der Waals surface area (Å²) in [7, 11) is 1.69. The summed E-state index contributed by atoms with van der Waals surface area (Å²) in [5.74, 6) is 1.64. The van der Waals surface area contributed by atoms with Crippen LogP contribution in [0.5, 0.6) is 5.75 Å². The summed E-state index contributed by atoms with van der Waals surface area (Å²) >= 11 is 0. The molecule has 0 bridgehead atoms. The van der Waals surface area contributed by atoms with Crippen LogP contribution >= 0.6 is 0 Å². The highest BCUT2D eigenvalue weighted by Crippen LogP contribution is 2.25. The molecule has 0 fully saturated rings. The molecule has 4 rings (SSSR count). The van der Waals surface area contributed by atoms with Gasteiger partial charge in [0, 0.05) is 24.1 Å². The van der Waals surface area contributed by atoms with Crippen molar-refractivity contribution >= 4 is 11.8 Å². The van der Waals surface area contributed by atoms with Crippen molar-refractivity contribution in [1.82, 2.24) is 20.4 Å². The molecule has 2 amide bonds. The first-order valence-corrected chi connectivity index (χ1v) is 13.7. The van der Waals surface area contributed by atoms with Gasteiger partial charge in [-0.05, 0) is 24.5 Å². The van der Waals surface area contributed by atoms with E-state index in [-0.39, 0.29) is 30.4 Å². The lowest BCUT2D eigenvalue weighted by molar-refractivity contribution is -0.133. The van der Waals surface area contributed by atoms with E-state index in [1.54, 1.807) is 42.4 Å². The lowest BCUT2D eigenvalue weighted by Crippen LogP contribution is -2.47. The molecule has 9 nitrogen and oxygen atoms in total. The SMILES string of the molecule is CC(C)C[C@@H](NC(=O)c1ccccc1OCc1ncc(C(C)(C)C)o1)C(=O)N(C)Cc1cc(-c2ccccc2)no1. The molecule has 0 aliphatic rings. The second kappa shape index (κ2) is 12.8. The minimum atomic E-state index is -0.738. The van der Waals surface area contributed by atoms with Gasteiger partial charge in [0.05, 0.1) is 18.3 Å². The zero-order valence-electron chi connectivity index (χ0n) is 24.5. The largest absolute Gasteiger partial charge is 0.483 e. The predicted molar refractivity (Wildman–Crippen MR) is 155 cm³/mol. The normalized spacial score (nSPS) is 12.3. The minimum Gasteiger partial charge on any atom is -0.483 e. The number of nitrogens with zero attached hydrogens (tertiary/aromatic N) is 3. The van der Waals surface area contributed by atoms with Crippen LogP contribution in [-0.2, 0) is 23.4 Å². The van der Waals surface area contributed by atoms with E-state index in [0.717, 1.165) is 11.3 Å². The number of aromatic nitrogens is 2. The van der Waals surface area contributed by atoms with Gasteiger partial charge in [-0.2, -0.15) is 0 Å². The van der Waals surface area contributed by atoms with Gasteiger partial charge >= 0.3 is 0 Å². The van der Waals surface area contributed by atoms with Crippen molar-refractivity contribution in [1.29, 1.82) is 0 Å². The lowest BCUT2D eigenvalue weighted by Gasteiger charge is -2.25. The van der Waals surface area contributed by atoms with Crippen molar-refractivity contribution < 1.29 is 23.3 Å². The van der Waals surface area contributed by atoms with Gasteiger partial charge in [0.25, 0.3) is 5.91 Å². The van der Waals surface area contributed by atoms with E-state index < -0.39 is 11.9 Å². The molecule has 2 aromatic heterocycles. The summed E-state index contributed by atoms with van der Waals surface area (Å²) in [5, 5.41) is 7.06. The highest BCUT2D eigenvalue weighted by molar-refractivity contribution is 5.99. The van der Waals surface area contributed by atoms with E-state index in [1.807, 2.05) is 71.0 Å². The fourth-order valence-electron chi connectivity index (χ4n) is 4.28. The standard InChI is InChI=1S/C32H38N4O5/c1-21(2)16-26(31(38)36(6)19-23-17-25(35-41-23)22-12-8-7-9-13-22)34-30(37)24-14-10-11-15-27(24)39-20-29-33-18-28(40-29)32(3,4)5/h7-15,17-18,21,26H,16,19-20H2,1-6H3,(H,34,37)/t26-/m1/s1. The highest BCUT2D eigenvalue weighted by atomic mass is 16.5. The van der Waals surface area contributed by atoms with E-state index in [0.29, 0.717) is 35.1 Å². The van der Waals surface area contributed by atoms with Crippen molar-refractivity contribution in [2.24, 2.45) is 5.92 Å². The topological polar surface area (TPSA) is 111 Å². The Bertz CT molecular complexity index is 1450. The molecular weight excluding hydrogens is 520 g/mol. The van der Waals surface area contributed by atoms with E-state index in [2.05, 4.69) is 15.5 Å².